The molecular formula is C27H26N6O5. The van der Waals surface area contributed by atoms with Gasteiger partial charge in [-0.25, -0.2) is 14.6 Å². The van der Waals surface area contributed by atoms with Crippen LogP contribution < -0.4 is 20.9 Å². The fourth-order valence-corrected chi connectivity index (χ4v) is 4.23. The van der Waals surface area contributed by atoms with Gasteiger partial charge in [0.25, 0.3) is 11.5 Å². The Morgan fingerprint density at radius 1 is 1.00 bits per heavy atom. The van der Waals surface area contributed by atoms with Gasteiger partial charge in [-0.1, -0.05) is 18.2 Å². The summed E-state index contributed by atoms with van der Waals surface area (Å²) in [6.07, 6.45) is 3.42. The molecule has 1 fully saturated rings. The summed E-state index contributed by atoms with van der Waals surface area (Å²) in [4.78, 5) is 46.6. The summed E-state index contributed by atoms with van der Waals surface area (Å²) in [5.74, 6) is 0.453. The van der Waals surface area contributed by atoms with E-state index in [0.29, 0.717) is 41.5 Å². The zero-order chi connectivity index (χ0) is 26.8. The third kappa shape index (κ3) is 5.04. The van der Waals surface area contributed by atoms with Crippen LogP contribution in [0, 0.1) is 12.8 Å². The molecule has 11 heteroatoms. The Balaban J connectivity index is 1.25. The SMILES string of the molecule is Cc1c(C(=O)Nc2ccc(Oc3ccnc(NC(=O)C4CC(O)C4)c3)cn2)c(=O)n(-c2ccccc2)n1C. The maximum Gasteiger partial charge on any atom is 0.284 e. The number of ether oxygens (including phenoxy) is 1. The monoisotopic (exact) mass is 514 g/mol. The molecule has 0 unspecified atom stereocenters. The van der Waals surface area contributed by atoms with Crippen molar-refractivity contribution in [3.05, 3.63) is 88.6 Å². The van der Waals surface area contributed by atoms with Gasteiger partial charge < -0.3 is 20.5 Å². The first-order valence-electron chi connectivity index (χ1n) is 12.0. The second-order valence-corrected chi connectivity index (χ2v) is 9.06. The summed E-state index contributed by atoms with van der Waals surface area (Å²) in [5.41, 5.74) is 0.775. The van der Waals surface area contributed by atoms with E-state index in [0.717, 1.165) is 0 Å². The summed E-state index contributed by atoms with van der Waals surface area (Å²) in [5, 5.41) is 14.8. The van der Waals surface area contributed by atoms with Gasteiger partial charge in [0.1, 0.15) is 28.7 Å². The molecule has 3 heterocycles. The van der Waals surface area contributed by atoms with E-state index in [4.69, 9.17) is 4.74 Å². The van der Waals surface area contributed by atoms with Crippen LogP contribution in [0.25, 0.3) is 5.69 Å². The molecule has 0 radical (unpaired) electrons. The van der Waals surface area contributed by atoms with Crippen molar-refractivity contribution >= 4 is 23.5 Å². The van der Waals surface area contributed by atoms with Crippen LogP contribution in [0.1, 0.15) is 28.9 Å². The first-order chi connectivity index (χ1) is 18.3. The Bertz CT molecular complexity index is 1540. The number of hydrogen-bond acceptors (Lipinski definition) is 7. The normalized spacial score (nSPS) is 16.4. The smallest absolute Gasteiger partial charge is 0.284 e. The lowest BCUT2D eigenvalue weighted by atomic mass is 9.82. The van der Waals surface area contributed by atoms with Crippen LogP contribution in [0.4, 0.5) is 11.6 Å². The molecule has 38 heavy (non-hydrogen) atoms. The number of nitrogens with one attached hydrogen (secondary N) is 2. The topological polar surface area (TPSA) is 140 Å². The van der Waals surface area contributed by atoms with Gasteiger partial charge in [0, 0.05) is 25.2 Å². The minimum Gasteiger partial charge on any atom is -0.456 e. The lowest BCUT2D eigenvalue weighted by molar-refractivity contribution is -0.126. The molecule has 0 saturated heterocycles. The minimum atomic E-state index is -0.563. The maximum atomic E-state index is 13.1. The Labute approximate surface area is 217 Å². The fourth-order valence-electron chi connectivity index (χ4n) is 4.23. The largest absolute Gasteiger partial charge is 0.456 e. The van der Waals surface area contributed by atoms with Crippen LogP contribution >= 0.6 is 0 Å². The molecular weight excluding hydrogens is 488 g/mol. The van der Waals surface area contributed by atoms with E-state index in [2.05, 4.69) is 20.6 Å². The average Bonchev–Trinajstić information content (AvgIpc) is 3.11. The summed E-state index contributed by atoms with van der Waals surface area (Å²) >= 11 is 0. The number of benzene rings is 1. The molecule has 3 N–H and O–H groups in total. The van der Waals surface area contributed by atoms with Crippen LogP contribution in [0.15, 0.2) is 71.8 Å². The highest BCUT2D eigenvalue weighted by Gasteiger charge is 2.33. The van der Waals surface area contributed by atoms with Gasteiger partial charge in [0.15, 0.2) is 0 Å². The number of hydrogen-bond donors (Lipinski definition) is 3. The quantitative estimate of drug-likeness (QED) is 0.344. The van der Waals surface area contributed by atoms with Crippen molar-refractivity contribution in [2.45, 2.75) is 25.9 Å². The van der Waals surface area contributed by atoms with E-state index in [1.165, 1.54) is 17.1 Å². The van der Waals surface area contributed by atoms with Crippen LogP contribution in [0.2, 0.25) is 0 Å². The van der Waals surface area contributed by atoms with Crippen LogP contribution in [0.5, 0.6) is 11.5 Å². The van der Waals surface area contributed by atoms with E-state index >= 15 is 0 Å². The number of para-hydroxylation sites is 1. The molecule has 0 aliphatic heterocycles. The van der Waals surface area contributed by atoms with Gasteiger partial charge in [-0.2, -0.15) is 0 Å². The van der Waals surface area contributed by atoms with Gasteiger partial charge >= 0.3 is 0 Å². The number of carbonyl (C=O) groups excluding carboxylic acids is 2. The van der Waals surface area contributed by atoms with Crippen molar-refractivity contribution in [2.24, 2.45) is 13.0 Å². The Kier molecular flexibility index (Phi) is 6.75. The van der Waals surface area contributed by atoms with Gasteiger partial charge in [0.2, 0.25) is 5.91 Å². The highest BCUT2D eigenvalue weighted by Crippen LogP contribution is 2.29. The number of aromatic nitrogens is 4. The maximum absolute atomic E-state index is 13.1. The number of pyridine rings is 2. The second kappa shape index (κ2) is 10.3. The van der Waals surface area contributed by atoms with Crippen LogP contribution in [0.3, 0.4) is 0 Å². The van der Waals surface area contributed by atoms with Crippen LogP contribution in [-0.4, -0.2) is 42.4 Å². The average molecular weight is 515 g/mol. The Morgan fingerprint density at radius 2 is 1.76 bits per heavy atom. The van der Waals surface area contributed by atoms with E-state index < -0.39 is 17.6 Å². The number of aliphatic hydroxyl groups excluding tert-OH is 1. The van der Waals surface area contributed by atoms with Gasteiger partial charge in [-0.3, -0.25) is 19.1 Å². The first kappa shape index (κ1) is 24.9. The molecule has 0 bridgehead atoms. The molecule has 1 aromatic carbocycles. The molecule has 3 aromatic heterocycles. The molecule has 0 atom stereocenters. The van der Waals surface area contributed by atoms with Crippen molar-refractivity contribution in [3.63, 3.8) is 0 Å². The Hall–Kier alpha value is -4.77. The van der Waals surface area contributed by atoms with Crippen molar-refractivity contribution in [1.29, 1.82) is 0 Å². The number of amides is 2. The fraction of sp³-hybridized carbons (Fsp3) is 0.222. The second-order valence-electron chi connectivity index (χ2n) is 9.06. The third-order valence-electron chi connectivity index (χ3n) is 6.46. The molecule has 0 spiro atoms. The van der Waals surface area contributed by atoms with E-state index in [1.807, 2.05) is 18.2 Å². The molecule has 2 amide bonds. The predicted octanol–water partition coefficient (Wildman–Crippen LogP) is 3.03. The third-order valence-corrected chi connectivity index (χ3v) is 6.46. The molecule has 5 rings (SSSR count). The summed E-state index contributed by atoms with van der Waals surface area (Å²) < 4.78 is 8.88. The zero-order valence-electron chi connectivity index (χ0n) is 20.8. The van der Waals surface area contributed by atoms with Gasteiger partial charge in [-0.05, 0) is 50.1 Å². The number of anilines is 2. The Morgan fingerprint density at radius 3 is 2.45 bits per heavy atom. The molecule has 1 aliphatic rings. The summed E-state index contributed by atoms with van der Waals surface area (Å²) in [7, 11) is 1.72. The molecule has 1 aliphatic carbocycles. The van der Waals surface area contributed by atoms with Crippen LogP contribution in [-0.2, 0) is 11.8 Å². The zero-order valence-corrected chi connectivity index (χ0v) is 20.8. The van der Waals surface area contributed by atoms with Gasteiger partial charge in [-0.15, -0.1) is 0 Å². The molecule has 11 nitrogen and oxygen atoms in total. The highest BCUT2D eigenvalue weighted by atomic mass is 16.5. The van der Waals surface area contributed by atoms with E-state index in [1.54, 1.807) is 55.1 Å². The number of nitrogens with zero attached hydrogens (tertiary/aromatic N) is 4. The lowest BCUT2D eigenvalue weighted by Gasteiger charge is -2.29. The standard InChI is InChI=1S/C27H26N6O5/c1-16-24(27(37)33(32(16)2)18-6-4-3-5-7-18)26(36)30-22-9-8-21(15-29-22)38-20-10-11-28-23(14-20)31-25(35)17-12-19(34)13-17/h3-11,14-15,17,19,34H,12-13H2,1-2H3,(H,28,31,35)(H,29,30,36). The highest BCUT2D eigenvalue weighted by molar-refractivity contribution is 6.04. The van der Waals surface area contributed by atoms with Gasteiger partial charge in [0.05, 0.1) is 23.7 Å². The van der Waals surface area contributed by atoms with E-state index in [-0.39, 0.29) is 23.2 Å². The van der Waals surface area contributed by atoms with E-state index in [9.17, 15) is 19.5 Å². The number of aliphatic hydroxyl groups is 1. The first-order valence-corrected chi connectivity index (χ1v) is 12.0. The van der Waals surface area contributed by atoms with Crippen molar-refractivity contribution < 1.29 is 19.4 Å². The van der Waals surface area contributed by atoms with Crippen molar-refractivity contribution in [2.75, 3.05) is 10.6 Å². The van der Waals surface area contributed by atoms with Crippen molar-refractivity contribution in [3.8, 4) is 17.2 Å². The molecule has 4 aromatic rings. The molecule has 194 valence electrons. The lowest BCUT2D eigenvalue weighted by Crippen LogP contribution is -2.37. The molecule has 1 saturated carbocycles. The number of carbonyl (C=O) groups is 2. The van der Waals surface area contributed by atoms with Crippen molar-refractivity contribution in [1.82, 2.24) is 19.3 Å². The summed E-state index contributed by atoms with van der Waals surface area (Å²) in [6, 6.07) is 15.5. The minimum absolute atomic E-state index is 0.0289. The predicted molar refractivity (Wildman–Crippen MR) is 140 cm³/mol. The summed E-state index contributed by atoms with van der Waals surface area (Å²) in [6.45, 7) is 1.71. The number of rotatable bonds is 7.